The molecule has 0 amide bonds. The number of rotatable bonds is 5. The average Bonchev–Trinajstić information content (AvgIpc) is 3.10. The molecule has 0 bridgehead atoms. The second-order valence-electron chi connectivity index (χ2n) is 8.85. The Balaban J connectivity index is 1.50. The molecule has 0 fully saturated rings. The Morgan fingerprint density at radius 1 is 0.941 bits per heavy atom. The van der Waals surface area contributed by atoms with Gasteiger partial charge < -0.3 is 4.57 Å². The standard InChI is InChI=1S/C28H27FN2O2S/c1-20-7-5-10-25(17-20)34(32,33)30-15-13-23(14-16-30)28-21(2)31(27-12-4-3-11-26(27)28)19-22-8-6-9-24(29)18-22/h3-13,17-18H,14-16,19H2,1-2H3. The van der Waals surface area contributed by atoms with Gasteiger partial charge >= 0.3 is 0 Å². The van der Waals surface area contributed by atoms with E-state index in [1.54, 1.807) is 34.6 Å². The zero-order chi connectivity index (χ0) is 23.9. The van der Waals surface area contributed by atoms with Crippen molar-refractivity contribution < 1.29 is 12.8 Å². The van der Waals surface area contributed by atoms with Gasteiger partial charge in [0.2, 0.25) is 10.0 Å². The Morgan fingerprint density at radius 3 is 2.47 bits per heavy atom. The Hall–Kier alpha value is -3.22. The lowest BCUT2D eigenvalue weighted by molar-refractivity contribution is 0.441. The summed E-state index contributed by atoms with van der Waals surface area (Å²) < 4.78 is 43.9. The van der Waals surface area contributed by atoms with Crippen LogP contribution in [-0.2, 0) is 16.6 Å². The maximum atomic E-state index is 13.8. The highest BCUT2D eigenvalue weighted by Crippen LogP contribution is 2.35. The Morgan fingerprint density at radius 2 is 1.74 bits per heavy atom. The number of sulfonamides is 1. The van der Waals surface area contributed by atoms with Gasteiger partial charge in [-0.1, -0.05) is 48.5 Å². The first-order chi connectivity index (χ1) is 16.3. The molecule has 1 aromatic heterocycles. The third kappa shape index (κ3) is 4.08. The smallest absolute Gasteiger partial charge is 0.243 e. The van der Waals surface area contributed by atoms with Crippen LogP contribution in [0.15, 0.2) is 83.8 Å². The van der Waals surface area contributed by atoms with Crippen molar-refractivity contribution >= 4 is 26.5 Å². The van der Waals surface area contributed by atoms with E-state index < -0.39 is 10.0 Å². The van der Waals surface area contributed by atoms with E-state index in [-0.39, 0.29) is 5.82 Å². The summed E-state index contributed by atoms with van der Waals surface area (Å²) in [5.41, 5.74) is 6.34. The fourth-order valence-electron chi connectivity index (χ4n) is 4.88. The van der Waals surface area contributed by atoms with Gasteiger partial charge in [-0.2, -0.15) is 4.31 Å². The summed E-state index contributed by atoms with van der Waals surface area (Å²) in [6.07, 6.45) is 2.68. The van der Waals surface area contributed by atoms with Gasteiger partial charge in [-0.05, 0) is 67.3 Å². The highest BCUT2D eigenvalue weighted by atomic mass is 32.2. The molecule has 0 radical (unpaired) electrons. The van der Waals surface area contributed by atoms with Crippen LogP contribution in [0.3, 0.4) is 0 Å². The zero-order valence-corrected chi connectivity index (χ0v) is 20.1. The monoisotopic (exact) mass is 474 g/mol. The summed E-state index contributed by atoms with van der Waals surface area (Å²) >= 11 is 0. The van der Waals surface area contributed by atoms with Crippen LogP contribution in [0.4, 0.5) is 4.39 Å². The molecule has 0 aliphatic carbocycles. The molecular formula is C28H27FN2O2S. The SMILES string of the molecule is Cc1cccc(S(=O)(=O)N2CC=C(c3c(C)n(Cc4cccc(F)c4)c4ccccc34)CC2)c1. The van der Waals surface area contributed by atoms with E-state index in [0.717, 1.165) is 38.9 Å². The maximum absolute atomic E-state index is 13.8. The first-order valence-corrected chi connectivity index (χ1v) is 12.9. The lowest BCUT2D eigenvalue weighted by Gasteiger charge is -2.26. The summed E-state index contributed by atoms with van der Waals surface area (Å²) in [5, 5.41) is 1.14. The number of halogens is 1. The van der Waals surface area contributed by atoms with Crippen LogP contribution in [0.25, 0.3) is 16.5 Å². The molecule has 6 heteroatoms. The molecule has 1 aliphatic heterocycles. The molecule has 5 rings (SSSR count). The predicted octanol–water partition coefficient (Wildman–Crippen LogP) is 5.92. The number of aromatic nitrogens is 1. The third-order valence-corrected chi connectivity index (χ3v) is 8.44. The van der Waals surface area contributed by atoms with Gasteiger partial charge in [-0.3, -0.25) is 0 Å². The molecule has 0 unspecified atom stereocenters. The molecule has 4 aromatic rings. The quantitative estimate of drug-likeness (QED) is 0.360. The van der Waals surface area contributed by atoms with Gasteiger partial charge in [-0.15, -0.1) is 0 Å². The van der Waals surface area contributed by atoms with Crippen molar-refractivity contribution in [1.82, 2.24) is 8.87 Å². The van der Waals surface area contributed by atoms with Crippen LogP contribution in [0.1, 0.15) is 28.8 Å². The minimum atomic E-state index is -3.53. The van der Waals surface area contributed by atoms with Crippen molar-refractivity contribution in [3.63, 3.8) is 0 Å². The molecule has 3 aromatic carbocycles. The predicted molar refractivity (Wildman–Crippen MR) is 135 cm³/mol. The number of benzene rings is 3. The summed E-state index contributed by atoms with van der Waals surface area (Å²) in [7, 11) is -3.53. The molecule has 34 heavy (non-hydrogen) atoms. The van der Waals surface area contributed by atoms with Gasteiger partial charge in [0, 0.05) is 41.8 Å². The van der Waals surface area contributed by atoms with E-state index in [2.05, 4.69) is 23.6 Å². The fourth-order valence-corrected chi connectivity index (χ4v) is 6.36. The van der Waals surface area contributed by atoms with Crippen LogP contribution in [0.2, 0.25) is 0 Å². The number of hydrogen-bond acceptors (Lipinski definition) is 2. The van der Waals surface area contributed by atoms with Crippen LogP contribution in [0.5, 0.6) is 0 Å². The van der Waals surface area contributed by atoms with E-state index in [4.69, 9.17) is 0 Å². The molecule has 0 atom stereocenters. The molecule has 2 heterocycles. The van der Waals surface area contributed by atoms with Crippen molar-refractivity contribution in [3.8, 4) is 0 Å². The van der Waals surface area contributed by atoms with E-state index in [9.17, 15) is 12.8 Å². The molecule has 0 saturated heterocycles. The summed E-state index contributed by atoms with van der Waals surface area (Å²) in [6, 6.07) is 22.0. The van der Waals surface area contributed by atoms with Gasteiger partial charge in [0.05, 0.1) is 4.90 Å². The van der Waals surface area contributed by atoms with Gasteiger partial charge in [0.25, 0.3) is 0 Å². The molecule has 1 aliphatic rings. The summed E-state index contributed by atoms with van der Waals surface area (Å²) in [6.45, 7) is 5.34. The number of nitrogens with zero attached hydrogens (tertiary/aromatic N) is 2. The van der Waals surface area contributed by atoms with Crippen molar-refractivity contribution in [2.75, 3.05) is 13.1 Å². The topological polar surface area (TPSA) is 42.3 Å². The molecule has 4 nitrogen and oxygen atoms in total. The minimum absolute atomic E-state index is 0.239. The van der Waals surface area contributed by atoms with Crippen molar-refractivity contribution in [2.24, 2.45) is 0 Å². The number of para-hydroxylation sites is 1. The second kappa shape index (κ2) is 8.85. The van der Waals surface area contributed by atoms with Crippen molar-refractivity contribution in [1.29, 1.82) is 0 Å². The maximum Gasteiger partial charge on any atom is 0.243 e. The molecule has 0 N–H and O–H groups in total. The molecule has 0 saturated carbocycles. The normalized spacial score (nSPS) is 15.0. The van der Waals surface area contributed by atoms with E-state index in [1.807, 2.05) is 37.3 Å². The van der Waals surface area contributed by atoms with Crippen LogP contribution in [-0.4, -0.2) is 30.4 Å². The second-order valence-corrected chi connectivity index (χ2v) is 10.8. The van der Waals surface area contributed by atoms with Crippen LogP contribution in [0, 0.1) is 19.7 Å². The Kier molecular flexibility index (Phi) is 5.88. The lowest BCUT2D eigenvalue weighted by Crippen LogP contribution is -2.34. The first-order valence-electron chi connectivity index (χ1n) is 11.4. The molecule has 0 spiro atoms. The van der Waals surface area contributed by atoms with Crippen LogP contribution < -0.4 is 0 Å². The number of aryl methyl sites for hydroxylation is 1. The molecular weight excluding hydrogens is 447 g/mol. The summed E-state index contributed by atoms with van der Waals surface area (Å²) in [5.74, 6) is -0.239. The molecule has 174 valence electrons. The number of hydrogen-bond donors (Lipinski definition) is 0. The third-order valence-electron chi connectivity index (χ3n) is 6.58. The van der Waals surface area contributed by atoms with E-state index in [0.29, 0.717) is 31.0 Å². The number of fused-ring (bicyclic) bond motifs is 1. The van der Waals surface area contributed by atoms with Crippen LogP contribution >= 0.6 is 0 Å². The average molecular weight is 475 g/mol. The van der Waals surface area contributed by atoms with E-state index in [1.165, 1.54) is 6.07 Å². The van der Waals surface area contributed by atoms with Crippen molar-refractivity contribution in [3.05, 3.63) is 107 Å². The fraction of sp³-hybridized carbons (Fsp3) is 0.214. The first kappa shape index (κ1) is 22.6. The van der Waals surface area contributed by atoms with Gasteiger partial charge in [0.15, 0.2) is 0 Å². The van der Waals surface area contributed by atoms with Crippen molar-refractivity contribution in [2.45, 2.75) is 31.7 Å². The Bertz CT molecular complexity index is 1520. The van der Waals surface area contributed by atoms with Gasteiger partial charge in [0.1, 0.15) is 5.82 Å². The highest BCUT2D eigenvalue weighted by molar-refractivity contribution is 7.89. The lowest BCUT2D eigenvalue weighted by atomic mass is 9.97. The van der Waals surface area contributed by atoms with E-state index >= 15 is 0 Å². The largest absolute Gasteiger partial charge is 0.340 e. The minimum Gasteiger partial charge on any atom is -0.340 e. The highest BCUT2D eigenvalue weighted by Gasteiger charge is 2.28. The summed E-state index contributed by atoms with van der Waals surface area (Å²) in [4.78, 5) is 0.340. The zero-order valence-electron chi connectivity index (χ0n) is 19.3. The Labute approximate surface area is 200 Å². The van der Waals surface area contributed by atoms with Gasteiger partial charge in [-0.25, -0.2) is 12.8 Å².